The molecular formula is C23H29FN6. The Labute approximate surface area is 176 Å². The topological polar surface area (TPSA) is 78.5 Å². The van der Waals surface area contributed by atoms with Gasteiger partial charge in [-0.25, -0.2) is 19.3 Å². The maximum atomic E-state index is 13.9. The maximum Gasteiger partial charge on any atom is 0.222 e. The summed E-state index contributed by atoms with van der Waals surface area (Å²) in [5, 5.41) is 6.84. The molecule has 0 radical (unpaired) electrons. The molecule has 5 rings (SSSR count). The van der Waals surface area contributed by atoms with Crippen molar-refractivity contribution in [2.24, 2.45) is 5.92 Å². The standard InChI is InChI=1S/C23H29FN6/c1-14-18(24)6-7-19-20(14)29-22(28-19)17-13-27-23(30-21(17)16-4-5-16)26-10-2-3-15-8-11-25-12-9-15/h6-7,13,15-16,25H,2-5,8-12H2,1H3,(H,28,29)(H,26,27,30). The van der Waals surface area contributed by atoms with E-state index in [0.29, 0.717) is 22.9 Å². The van der Waals surface area contributed by atoms with E-state index in [1.165, 1.54) is 25.3 Å². The molecule has 1 aliphatic carbocycles. The molecular weight excluding hydrogens is 379 g/mol. The summed E-state index contributed by atoms with van der Waals surface area (Å²) >= 11 is 0. The molecule has 3 aromatic rings. The summed E-state index contributed by atoms with van der Waals surface area (Å²) in [6, 6.07) is 3.22. The van der Waals surface area contributed by atoms with Crippen LogP contribution in [-0.2, 0) is 0 Å². The van der Waals surface area contributed by atoms with E-state index in [9.17, 15) is 4.39 Å². The molecule has 0 atom stereocenters. The van der Waals surface area contributed by atoms with E-state index < -0.39 is 0 Å². The molecule has 158 valence electrons. The van der Waals surface area contributed by atoms with Gasteiger partial charge in [0.15, 0.2) is 0 Å². The number of H-pyrrole nitrogens is 1. The fourth-order valence-electron chi connectivity index (χ4n) is 4.41. The highest BCUT2D eigenvalue weighted by molar-refractivity contribution is 5.82. The lowest BCUT2D eigenvalue weighted by Crippen LogP contribution is -2.27. The lowest BCUT2D eigenvalue weighted by Gasteiger charge is -2.22. The molecule has 2 aromatic heterocycles. The second-order valence-electron chi connectivity index (χ2n) is 8.68. The van der Waals surface area contributed by atoms with Crippen LogP contribution in [0.5, 0.6) is 0 Å². The van der Waals surface area contributed by atoms with Crippen LogP contribution < -0.4 is 10.6 Å². The van der Waals surface area contributed by atoms with Gasteiger partial charge in [-0.3, -0.25) is 0 Å². The Morgan fingerprint density at radius 1 is 1.13 bits per heavy atom. The zero-order valence-corrected chi connectivity index (χ0v) is 17.5. The Balaban J connectivity index is 1.31. The van der Waals surface area contributed by atoms with Gasteiger partial charge in [-0.05, 0) is 76.6 Å². The lowest BCUT2D eigenvalue weighted by molar-refractivity contribution is 0.350. The van der Waals surface area contributed by atoms with Crippen molar-refractivity contribution in [3.8, 4) is 11.4 Å². The first kappa shape index (κ1) is 19.4. The van der Waals surface area contributed by atoms with Crippen molar-refractivity contribution in [2.75, 3.05) is 25.0 Å². The summed E-state index contributed by atoms with van der Waals surface area (Å²) < 4.78 is 13.9. The summed E-state index contributed by atoms with van der Waals surface area (Å²) in [7, 11) is 0. The fourth-order valence-corrected chi connectivity index (χ4v) is 4.41. The molecule has 6 nitrogen and oxygen atoms in total. The second-order valence-corrected chi connectivity index (χ2v) is 8.68. The van der Waals surface area contributed by atoms with Crippen molar-refractivity contribution >= 4 is 17.0 Å². The highest BCUT2D eigenvalue weighted by atomic mass is 19.1. The summed E-state index contributed by atoms with van der Waals surface area (Å²) in [5.74, 6) is 2.50. The minimum atomic E-state index is -0.233. The third-order valence-corrected chi connectivity index (χ3v) is 6.41. The van der Waals surface area contributed by atoms with E-state index in [0.717, 1.165) is 67.4 Å². The van der Waals surface area contributed by atoms with Crippen LogP contribution in [0, 0.1) is 18.7 Å². The molecule has 0 amide bonds. The first-order valence-electron chi connectivity index (χ1n) is 11.2. The van der Waals surface area contributed by atoms with E-state index in [2.05, 4.69) is 25.6 Å². The quantitative estimate of drug-likeness (QED) is 0.501. The highest BCUT2D eigenvalue weighted by Gasteiger charge is 2.30. The highest BCUT2D eigenvalue weighted by Crippen LogP contribution is 2.43. The van der Waals surface area contributed by atoms with Crippen molar-refractivity contribution in [2.45, 2.75) is 51.4 Å². The van der Waals surface area contributed by atoms with Crippen LogP contribution in [0.15, 0.2) is 18.3 Å². The molecule has 30 heavy (non-hydrogen) atoms. The fraction of sp³-hybridized carbons (Fsp3) is 0.522. The van der Waals surface area contributed by atoms with Crippen molar-refractivity contribution in [1.82, 2.24) is 25.3 Å². The maximum absolute atomic E-state index is 13.9. The number of anilines is 1. The van der Waals surface area contributed by atoms with E-state index in [4.69, 9.17) is 4.98 Å². The van der Waals surface area contributed by atoms with E-state index >= 15 is 0 Å². The Morgan fingerprint density at radius 3 is 2.77 bits per heavy atom. The predicted octanol–water partition coefficient (Wildman–Crippen LogP) is 4.54. The molecule has 0 spiro atoms. The van der Waals surface area contributed by atoms with Gasteiger partial charge >= 0.3 is 0 Å². The van der Waals surface area contributed by atoms with Crippen LogP contribution in [0.3, 0.4) is 0 Å². The Kier molecular flexibility index (Phi) is 5.37. The van der Waals surface area contributed by atoms with Gasteiger partial charge < -0.3 is 15.6 Å². The number of aromatic nitrogens is 4. The molecule has 0 unspecified atom stereocenters. The molecule has 1 saturated heterocycles. The van der Waals surface area contributed by atoms with Crippen LogP contribution in [0.1, 0.15) is 55.7 Å². The zero-order valence-electron chi connectivity index (χ0n) is 17.5. The molecule has 2 aliphatic rings. The average Bonchev–Trinajstić information content (AvgIpc) is 3.53. The smallest absolute Gasteiger partial charge is 0.222 e. The van der Waals surface area contributed by atoms with Crippen LogP contribution in [0.25, 0.3) is 22.4 Å². The van der Waals surface area contributed by atoms with Crippen molar-refractivity contribution in [1.29, 1.82) is 0 Å². The van der Waals surface area contributed by atoms with E-state index in [1.54, 1.807) is 13.0 Å². The number of hydrogen-bond donors (Lipinski definition) is 3. The van der Waals surface area contributed by atoms with Crippen molar-refractivity contribution < 1.29 is 4.39 Å². The third kappa shape index (κ3) is 4.03. The van der Waals surface area contributed by atoms with Gasteiger partial charge in [0.2, 0.25) is 5.95 Å². The first-order valence-corrected chi connectivity index (χ1v) is 11.2. The molecule has 3 heterocycles. The number of nitrogens with zero attached hydrogens (tertiary/aromatic N) is 3. The number of halogens is 1. The predicted molar refractivity (Wildman–Crippen MR) is 117 cm³/mol. The Hall–Kier alpha value is -2.54. The van der Waals surface area contributed by atoms with E-state index in [1.807, 2.05) is 6.20 Å². The lowest BCUT2D eigenvalue weighted by atomic mass is 9.93. The van der Waals surface area contributed by atoms with Gasteiger partial charge in [-0.2, -0.15) is 0 Å². The summed E-state index contributed by atoms with van der Waals surface area (Å²) in [4.78, 5) is 17.4. The summed E-state index contributed by atoms with van der Waals surface area (Å²) in [6.07, 6.45) is 9.13. The number of piperidine rings is 1. The molecule has 1 aromatic carbocycles. The number of aryl methyl sites for hydroxylation is 1. The average molecular weight is 409 g/mol. The SMILES string of the molecule is Cc1c(F)ccc2[nH]c(-c3cnc(NCCCC4CCNCC4)nc3C3CC3)nc12. The number of aromatic amines is 1. The van der Waals surface area contributed by atoms with Crippen LogP contribution in [-0.4, -0.2) is 39.6 Å². The summed E-state index contributed by atoms with van der Waals surface area (Å²) in [6.45, 7) is 4.97. The van der Waals surface area contributed by atoms with Gasteiger partial charge in [0.1, 0.15) is 11.6 Å². The third-order valence-electron chi connectivity index (χ3n) is 6.41. The molecule has 1 aliphatic heterocycles. The number of fused-ring (bicyclic) bond motifs is 1. The van der Waals surface area contributed by atoms with Gasteiger partial charge in [0.25, 0.3) is 0 Å². The van der Waals surface area contributed by atoms with E-state index in [-0.39, 0.29) is 5.82 Å². The molecule has 1 saturated carbocycles. The zero-order chi connectivity index (χ0) is 20.5. The van der Waals surface area contributed by atoms with Crippen LogP contribution >= 0.6 is 0 Å². The number of imidazole rings is 1. The monoisotopic (exact) mass is 408 g/mol. The van der Waals surface area contributed by atoms with Gasteiger partial charge in [0.05, 0.1) is 22.3 Å². The van der Waals surface area contributed by atoms with Crippen molar-refractivity contribution in [3.05, 3.63) is 35.4 Å². The molecule has 3 N–H and O–H groups in total. The van der Waals surface area contributed by atoms with Gasteiger partial charge in [0, 0.05) is 24.2 Å². The Bertz CT molecular complexity index is 1040. The van der Waals surface area contributed by atoms with Gasteiger partial charge in [-0.1, -0.05) is 0 Å². The normalized spacial score (nSPS) is 17.5. The van der Waals surface area contributed by atoms with Crippen LogP contribution in [0.2, 0.25) is 0 Å². The second kappa shape index (κ2) is 8.30. The molecule has 7 heteroatoms. The Morgan fingerprint density at radius 2 is 1.97 bits per heavy atom. The molecule has 0 bridgehead atoms. The van der Waals surface area contributed by atoms with Crippen molar-refractivity contribution in [3.63, 3.8) is 0 Å². The summed E-state index contributed by atoms with van der Waals surface area (Å²) in [5.41, 5.74) is 4.05. The minimum absolute atomic E-state index is 0.233. The minimum Gasteiger partial charge on any atom is -0.354 e. The first-order chi connectivity index (χ1) is 14.7. The largest absolute Gasteiger partial charge is 0.354 e. The number of rotatable bonds is 7. The molecule has 2 fully saturated rings. The number of nitrogens with one attached hydrogen (secondary N) is 3. The number of hydrogen-bond acceptors (Lipinski definition) is 5. The van der Waals surface area contributed by atoms with Crippen LogP contribution in [0.4, 0.5) is 10.3 Å². The number of benzene rings is 1. The van der Waals surface area contributed by atoms with Gasteiger partial charge in [-0.15, -0.1) is 0 Å².